The van der Waals surface area contributed by atoms with Crippen LogP contribution >= 0.6 is 0 Å². The van der Waals surface area contributed by atoms with Crippen molar-refractivity contribution in [2.45, 2.75) is 12.8 Å². The average molecular weight is 404 g/mol. The number of halogens is 2. The predicted octanol–water partition coefficient (Wildman–Crippen LogP) is 2.34. The van der Waals surface area contributed by atoms with Crippen LogP contribution in [0.25, 0.3) is 0 Å². The van der Waals surface area contributed by atoms with Crippen LogP contribution in [0.4, 0.5) is 19.3 Å². The number of nitrogens with zero attached hydrogens (tertiary/aromatic N) is 2. The molecule has 0 saturated carbocycles. The molecule has 2 heterocycles. The van der Waals surface area contributed by atoms with Gasteiger partial charge < -0.3 is 20.1 Å². The summed E-state index contributed by atoms with van der Waals surface area (Å²) in [4.78, 5) is 38.2. The summed E-state index contributed by atoms with van der Waals surface area (Å²) in [5, 5.41) is 4.78. The highest BCUT2D eigenvalue weighted by molar-refractivity contribution is 5.94. The van der Waals surface area contributed by atoms with Crippen molar-refractivity contribution in [3.63, 3.8) is 0 Å². The zero-order chi connectivity index (χ0) is 21.0. The van der Waals surface area contributed by atoms with Gasteiger partial charge in [0.25, 0.3) is 11.5 Å². The monoisotopic (exact) mass is 404 g/mol. The maximum Gasteiger partial charge on any atom is 0.319 e. The van der Waals surface area contributed by atoms with Crippen molar-refractivity contribution >= 4 is 17.6 Å². The fraction of sp³-hybridized carbons (Fsp3) is 0.350. The van der Waals surface area contributed by atoms with Gasteiger partial charge in [-0.05, 0) is 43.0 Å². The molecule has 1 saturated heterocycles. The summed E-state index contributed by atoms with van der Waals surface area (Å²) in [6, 6.07) is 5.82. The molecule has 29 heavy (non-hydrogen) atoms. The van der Waals surface area contributed by atoms with Gasteiger partial charge in [-0.1, -0.05) is 6.07 Å². The zero-order valence-corrected chi connectivity index (χ0v) is 16.0. The van der Waals surface area contributed by atoms with Crippen LogP contribution in [0, 0.1) is 17.6 Å². The number of hydrogen-bond donors (Lipinski definition) is 2. The van der Waals surface area contributed by atoms with Crippen molar-refractivity contribution in [1.29, 1.82) is 0 Å². The third-order valence-electron chi connectivity index (χ3n) is 5.01. The van der Waals surface area contributed by atoms with Crippen LogP contribution in [0.3, 0.4) is 0 Å². The minimum Gasteiger partial charge on any atom is -0.338 e. The number of urea groups is 1. The molecule has 3 rings (SSSR count). The second-order valence-corrected chi connectivity index (χ2v) is 7.01. The predicted molar refractivity (Wildman–Crippen MR) is 104 cm³/mol. The molecule has 7 nitrogen and oxygen atoms in total. The molecule has 1 aromatic carbocycles. The van der Waals surface area contributed by atoms with E-state index in [1.165, 1.54) is 16.7 Å². The molecular weight excluding hydrogens is 382 g/mol. The number of pyridine rings is 1. The third kappa shape index (κ3) is 4.79. The topological polar surface area (TPSA) is 83.4 Å². The van der Waals surface area contributed by atoms with Gasteiger partial charge in [0.05, 0.1) is 0 Å². The molecule has 1 aromatic heterocycles. The third-order valence-corrected chi connectivity index (χ3v) is 5.01. The Labute approximate surface area is 166 Å². The molecule has 3 amide bonds. The van der Waals surface area contributed by atoms with E-state index >= 15 is 0 Å². The molecule has 0 bridgehead atoms. The van der Waals surface area contributed by atoms with Crippen molar-refractivity contribution in [2.24, 2.45) is 13.0 Å². The molecule has 1 fully saturated rings. The Hall–Kier alpha value is -3.23. The first kappa shape index (κ1) is 20.5. The van der Waals surface area contributed by atoms with Gasteiger partial charge in [-0.25, -0.2) is 13.6 Å². The molecule has 1 aliphatic heterocycles. The SMILES string of the molecule is Cn1cccc(C(=O)N2CCC(CNC(=O)Nc3c(F)cccc3F)CC2)c1=O. The lowest BCUT2D eigenvalue weighted by atomic mass is 9.96. The maximum absolute atomic E-state index is 13.6. The number of amides is 3. The largest absolute Gasteiger partial charge is 0.338 e. The van der Waals surface area contributed by atoms with Crippen molar-refractivity contribution < 1.29 is 18.4 Å². The first-order chi connectivity index (χ1) is 13.9. The molecule has 2 aromatic rings. The van der Waals surface area contributed by atoms with Gasteiger partial charge in [0.1, 0.15) is 22.9 Å². The van der Waals surface area contributed by atoms with E-state index in [-0.39, 0.29) is 22.9 Å². The van der Waals surface area contributed by atoms with Gasteiger partial charge in [0.2, 0.25) is 0 Å². The highest BCUT2D eigenvalue weighted by atomic mass is 19.1. The number of hydrogen-bond acceptors (Lipinski definition) is 3. The summed E-state index contributed by atoms with van der Waals surface area (Å²) in [6.45, 7) is 1.25. The van der Waals surface area contributed by atoms with E-state index in [1.807, 2.05) is 0 Å². The number of piperidine rings is 1. The molecule has 0 unspecified atom stereocenters. The van der Waals surface area contributed by atoms with Crippen LogP contribution in [0.5, 0.6) is 0 Å². The first-order valence-corrected chi connectivity index (χ1v) is 9.30. The van der Waals surface area contributed by atoms with E-state index in [0.29, 0.717) is 32.5 Å². The number of aryl methyl sites for hydroxylation is 1. The summed E-state index contributed by atoms with van der Waals surface area (Å²) in [5.74, 6) is -1.88. The van der Waals surface area contributed by atoms with E-state index < -0.39 is 23.4 Å². The van der Waals surface area contributed by atoms with Gasteiger partial charge in [0.15, 0.2) is 0 Å². The van der Waals surface area contributed by atoms with Gasteiger partial charge >= 0.3 is 6.03 Å². The minimum atomic E-state index is -0.848. The van der Waals surface area contributed by atoms with E-state index in [2.05, 4.69) is 10.6 Å². The van der Waals surface area contributed by atoms with Crippen LogP contribution in [0.2, 0.25) is 0 Å². The molecule has 9 heteroatoms. The van der Waals surface area contributed by atoms with Gasteiger partial charge in [0, 0.05) is 32.9 Å². The Balaban J connectivity index is 1.49. The standard InChI is InChI=1S/C20H22F2N4O3/c1-25-9-3-4-14(18(25)27)19(28)26-10-7-13(8-11-26)12-23-20(29)24-17-15(21)5-2-6-16(17)22/h2-6,9,13H,7-8,10-12H2,1H3,(H2,23,24,29). The molecule has 1 aliphatic rings. The normalized spacial score (nSPS) is 14.5. The van der Waals surface area contributed by atoms with Crippen molar-refractivity contribution in [3.05, 3.63) is 64.1 Å². The summed E-state index contributed by atoms with van der Waals surface area (Å²) in [6.07, 6.45) is 2.88. The number of aromatic nitrogens is 1. The van der Waals surface area contributed by atoms with Gasteiger partial charge in [-0.2, -0.15) is 0 Å². The van der Waals surface area contributed by atoms with Crippen molar-refractivity contribution in [2.75, 3.05) is 25.0 Å². The number of carbonyl (C=O) groups excluding carboxylic acids is 2. The van der Waals surface area contributed by atoms with E-state index in [9.17, 15) is 23.2 Å². The highest BCUT2D eigenvalue weighted by Crippen LogP contribution is 2.19. The number of rotatable bonds is 4. The number of likely N-dealkylation sites (tertiary alicyclic amines) is 1. The molecule has 0 spiro atoms. The van der Waals surface area contributed by atoms with Crippen LogP contribution in [0.15, 0.2) is 41.3 Å². The minimum absolute atomic E-state index is 0.119. The summed E-state index contributed by atoms with van der Waals surface area (Å²) in [5.41, 5.74) is -0.689. The van der Waals surface area contributed by atoms with Crippen molar-refractivity contribution in [3.8, 4) is 0 Å². The summed E-state index contributed by atoms with van der Waals surface area (Å²) < 4.78 is 28.5. The van der Waals surface area contributed by atoms with Crippen LogP contribution in [-0.4, -0.2) is 41.0 Å². The molecule has 154 valence electrons. The Morgan fingerprint density at radius 1 is 1.10 bits per heavy atom. The van der Waals surface area contributed by atoms with E-state index in [4.69, 9.17) is 0 Å². The fourth-order valence-electron chi connectivity index (χ4n) is 3.28. The Morgan fingerprint density at radius 2 is 1.76 bits per heavy atom. The number of para-hydroxylation sites is 1. The lowest BCUT2D eigenvalue weighted by molar-refractivity contribution is 0.0688. The van der Waals surface area contributed by atoms with Gasteiger partial charge in [-0.15, -0.1) is 0 Å². The molecule has 0 radical (unpaired) electrons. The lowest BCUT2D eigenvalue weighted by Gasteiger charge is -2.32. The lowest BCUT2D eigenvalue weighted by Crippen LogP contribution is -2.43. The number of carbonyl (C=O) groups is 2. The first-order valence-electron chi connectivity index (χ1n) is 9.30. The number of anilines is 1. The van der Waals surface area contributed by atoms with Crippen LogP contribution < -0.4 is 16.2 Å². The molecular formula is C20H22F2N4O3. The summed E-state index contributed by atoms with van der Waals surface area (Å²) >= 11 is 0. The molecule has 2 N–H and O–H groups in total. The van der Waals surface area contributed by atoms with E-state index in [1.54, 1.807) is 24.2 Å². The van der Waals surface area contributed by atoms with Crippen molar-refractivity contribution in [1.82, 2.24) is 14.8 Å². The Bertz CT molecular complexity index is 948. The average Bonchev–Trinajstić information content (AvgIpc) is 2.71. The Morgan fingerprint density at radius 3 is 2.41 bits per heavy atom. The number of nitrogens with one attached hydrogen (secondary N) is 2. The fourth-order valence-corrected chi connectivity index (χ4v) is 3.28. The Kier molecular flexibility index (Phi) is 6.26. The smallest absolute Gasteiger partial charge is 0.319 e. The van der Waals surface area contributed by atoms with Crippen LogP contribution in [-0.2, 0) is 7.05 Å². The van der Waals surface area contributed by atoms with Crippen LogP contribution in [0.1, 0.15) is 23.2 Å². The second kappa shape index (κ2) is 8.85. The van der Waals surface area contributed by atoms with Gasteiger partial charge in [-0.3, -0.25) is 9.59 Å². The van der Waals surface area contributed by atoms with E-state index in [0.717, 1.165) is 12.1 Å². The second-order valence-electron chi connectivity index (χ2n) is 7.01. The molecule has 0 aliphatic carbocycles. The molecule has 0 atom stereocenters. The zero-order valence-electron chi connectivity index (χ0n) is 16.0. The quantitative estimate of drug-likeness (QED) is 0.821. The maximum atomic E-state index is 13.6. The number of benzene rings is 1. The highest BCUT2D eigenvalue weighted by Gasteiger charge is 2.25. The summed E-state index contributed by atoms with van der Waals surface area (Å²) in [7, 11) is 1.59.